The molecule has 0 aliphatic carbocycles. The third kappa shape index (κ3) is 4.38. The Hall–Kier alpha value is -2.44. The Bertz CT molecular complexity index is 1200. The Morgan fingerprint density at radius 2 is 1.82 bits per heavy atom. The van der Waals surface area contributed by atoms with Crippen molar-refractivity contribution in [2.24, 2.45) is 5.73 Å². The highest BCUT2D eigenvalue weighted by atomic mass is 35.5. The SMILES string of the molecule is NCCN1CCN(S(=O)(=O)c2cc(O)c(O)c3c2CN(Cc2ccc(F)c(Cl)c2)C3=O)CC1. The number of amides is 1. The summed E-state index contributed by atoms with van der Waals surface area (Å²) in [4.78, 5) is 16.2. The number of hydrogen-bond donors (Lipinski definition) is 3. The van der Waals surface area contributed by atoms with Crippen molar-refractivity contribution in [1.82, 2.24) is 14.1 Å². The third-order valence-corrected chi connectivity index (χ3v) is 8.20. The zero-order chi connectivity index (χ0) is 23.9. The average molecular weight is 499 g/mol. The van der Waals surface area contributed by atoms with Crippen LogP contribution >= 0.6 is 11.6 Å². The molecule has 12 heteroatoms. The smallest absolute Gasteiger partial charge is 0.258 e. The van der Waals surface area contributed by atoms with Crippen molar-refractivity contribution in [3.8, 4) is 11.5 Å². The van der Waals surface area contributed by atoms with Crippen molar-refractivity contribution in [3.63, 3.8) is 0 Å². The number of phenols is 2. The molecule has 0 unspecified atom stereocenters. The Morgan fingerprint density at radius 3 is 2.45 bits per heavy atom. The fourth-order valence-corrected chi connectivity index (χ4v) is 6.08. The van der Waals surface area contributed by atoms with E-state index in [9.17, 15) is 27.8 Å². The number of hydrogen-bond acceptors (Lipinski definition) is 7. The first-order valence-corrected chi connectivity index (χ1v) is 12.2. The fourth-order valence-electron chi connectivity index (χ4n) is 4.21. The topological polar surface area (TPSA) is 127 Å². The number of halogens is 2. The quantitative estimate of drug-likeness (QED) is 0.512. The van der Waals surface area contributed by atoms with E-state index in [0.717, 1.165) is 6.07 Å². The molecule has 9 nitrogen and oxygen atoms in total. The molecule has 1 amide bonds. The molecule has 4 N–H and O–H groups in total. The lowest BCUT2D eigenvalue weighted by molar-refractivity contribution is 0.0764. The number of aromatic hydroxyl groups is 2. The average Bonchev–Trinajstić information content (AvgIpc) is 3.10. The predicted octanol–water partition coefficient (Wildman–Crippen LogP) is 1.31. The first-order chi connectivity index (χ1) is 15.6. The van der Waals surface area contributed by atoms with Crippen LogP contribution in [0.3, 0.4) is 0 Å². The summed E-state index contributed by atoms with van der Waals surface area (Å²) in [6.07, 6.45) is 0. The van der Waals surface area contributed by atoms with Crippen molar-refractivity contribution in [2.45, 2.75) is 18.0 Å². The van der Waals surface area contributed by atoms with Gasteiger partial charge in [-0.3, -0.25) is 9.69 Å². The largest absolute Gasteiger partial charge is 0.504 e. The number of sulfonamides is 1. The molecule has 2 aromatic rings. The van der Waals surface area contributed by atoms with Gasteiger partial charge in [-0.15, -0.1) is 0 Å². The van der Waals surface area contributed by atoms with E-state index in [4.69, 9.17) is 17.3 Å². The van der Waals surface area contributed by atoms with Crippen molar-refractivity contribution in [1.29, 1.82) is 0 Å². The molecule has 178 valence electrons. The van der Waals surface area contributed by atoms with Crippen LogP contribution in [-0.2, 0) is 23.1 Å². The molecule has 0 atom stereocenters. The van der Waals surface area contributed by atoms with E-state index >= 15 is 0 Å². The van der Waals surface area contributed by atoms with E-state index in [2.05, 4.69) is 4.90 Å². The summed E-state index contributed by atoms with van der Waals surface area (Å²) in [6.45, 7) is 2.57. The minimum Gasteiger partial charge on any atom is -0.504 e. The molecule has 0 aromatic heterocycles. The van der Waals surface area contributed by atoms with Gasteiger partial charge >= 0.3 is 0 Å². The molecule has 2 aliphatic rings. The summed E-state index contributed by atoms with van der Waals surface area (Å²) in [7, 11) is -4.04. The van der Waals surface area contributed by atoms with Gasteiger partial charge in [0, 0.05) is 64.0 Å². The van der Waals surface area contributed by atoms with Gasteiger partial charge in [-0.05, 0) is 17.7 Å². The number of nitrogens with zero attached hydrogens (tertiary/aromatic N) is 3. The summed E-state index contributed by atoms with van der Waals surface area (Å²) in [5.74, 6) is -2.59. The highest BCUT2D eigenvalue weighted by Crippen LogP contribution is 2.42. The molecule has 2 heterocycles. The highest BCUT2D eigenvalue weighted by Gasteiger charge is 2.39. The number of fused-ring (bicyclic) bond motifs is 1. The second kappa shape index (κ2) is 9.07. The maximum absolute atomic E-state index is 13.5. The Morgan fingerprint density at radius 1 is 1.12 bits per heavy atom. The van der Waals surface area contributed by atoms with Crippen LogP contribution in [0, 0.1) is 5.82 Å². The molecule has 33 heavy (non-hydrogen) atoms. The number of rotatable bonds is 6. The number of carbonyl (C=O) groups excluding carboxylic acids is 1. The standard InChI is InChI=1S/C21H24ClFN4O5S/c22-15-9-13(1-2-16(15)23)11-26-12-14-18(10-17(28)20(29)19(14)21(26)30)33(31,32)27-7-5-25(4-3-24)6-8-27/h1-2,9-10,28-29H,3-8,11-12,24H2. The number of piperazine rings is 1. The van der Waals surface area contributed by atoms with Crippen molar-refractivity contribution < 1.29 is 27.8 Å². The molecule has 0 radical (unpaired) electrons. The Labute approximate surface area is 195 Å². The molecular weight excluding hydrogens is 475 g/mol. The van der Waals surface area contributed by atoms with Gasteiger partial charge in [0.1, 0.15) is 5.82 Å². The first-order valence-electron chi connectivity index (χ1n) is 10.4. The van der Waals surface area contributed by atoms with E-state index in [1.54, 1.807) is 0 Å². The highest BCUT2D eigenvalue weighted by molar-refractivity contribution is 7.89. The van der Waals surface area contributed by atoms with Gasteiger partial charge in [-0.25, -0.2) is 12.8 Å². The van der Waals surface area contributed by atoms with Gasteiger partial charge in [0.25, 0.3) is 5.91 Å². The van der Waals surface area contributed by atoms with Crippen molar-refractivity contribution in [3.05, 3.63) is 51.8 Å². The normalized spacial score (nSPS) is 17.5. The van der Waals surface area contributed by atoms with E-state index in [1.165, 1.54) is 27.4 Å². The maximum atomic E-state index is 13.5. The van der Waals surface area contributed by atoms with E-state index in [1.807, 2.05) is 0 Å². The summed E-state index contributed by atoms with van der Waals surface area (Å²) >= 11 is 5.83. The van der Waals surface area contributed by atoms with Crippen LogP contribution in [0.25, 0.3) is 0 Å². The molecule has 0 saturated carbocycles. The van der Waals surface area contributed by atoms with Crippen LogP contribution in [0.5, 0.6) is 11.5 Å². The predicted molar refractivity (Wildman–Crippen MR) is 119 cm³/mol. The van der Waals surface area contributed by atoms with Crippen LogP contribution in [0.1, 0.15) is 21.5 Å². The third-order valence-electron chi connectivity index (χ3n) is 5.95. The van der Waals surface area contributed by atoms with E-state index in [0.29, 0.717) is 31.7 Å². The molecule has 0 spiro atoms. The minimum atomic E-state index is -4.04. The molecule has 2 aliphatic heterocycles. The number of nitrogens with two attached hydrogens (primary N) is 1. The van der Waals surface area contributed by atoms with Gasteiger partial charge in [-0.1, -0.05) is 17.7 Å². The van der Waals surface area contributed by atoms with Crippen LogP contribution in [0.2, 0.25) is 5.02 Å². The van der Waals surface area contributed by atoms with Gasteiger partial charge in [0.2, 0.25) is 10.0 Å². The van der Waals surface area contributed by atoms with Crippen molar-refractivity contribution >= 4 is 27.5 Å². The van der Waals surface area contributed by atoms with Crippen LogP contribution in [-0.4, -0.2) is 77.9 Å². The number of carbonyl (C=O) groups is 1. The second-order valence-electron chi connectivity index (χ2n) is 8.04. The molecule has 1 fully saturated rings. The lowest BCUT2D eigenvalue weighted by atomic mass is 10.1. The van der Waals surface area contributed by atoms with Crippen LogP contribution < -0.4 is 5.73 Å². The summed E-state index contributed by atoms with van der Waals surface area (Å²) in [6, 6.07) is 5.01. The second-order valence-corrected chi connectivity index (χ2v) is 10.4. The minimum absolute atomic E-state index is 0.0188. The zero-order valence-electron chi connectivity index (χ0n) is 17.7. The molecule has 0 bridgehead atoms. The van der Waals surface area contributed by atoms with E-state index in [-0.39, 0.29) is 47.2 Å². The van der Waals surface area contributed by atoms with E-state index < -0.39 is 33.2 Å². The van der Waals surface area contributed by atoms with Crippen LogP contribution in [0.4, 0.5) is 4.39 Å². The Balaban J connectivity index is 1.65. The number of phenolic OH excluding ortho intramolecular Hbond substituents is 2. The lowest BCUT2D eigenvalue weighted by Crippen LogP contribution is -2.49. The van der Waals surface area contributed by atoms with Crippen LogP contribution in [0.15, 0.2) is 29.2 Å². The molecule has 4 rings (SSSR count). The molecule has 1 saturated heterocycles. The van der Waals surface area contributed by atoms with Crippen molar-refractivity contribution in [2.75, 3.05) is 39.3 Å². The lowest BCUT2D eigenvalue weighted by Gasteiger charge is -2.34. The first kappa shape index (κ1) is 23.7. The summed E-state index contributed by atoms with van der Waals surface area (Å²) in [5.41, 5.74) is 5.98. The molecular formula is C21H24ClFN4O5S. The maximum Gasteiger partial charge on any atom is 0.258 e. The monoisotopic (exact) mass is 498 g/mol. The van der Waals surface area contributed by atoms with Gasteiger partial charge in [0.05, 0.1) is 15.5 Å². The summed E-state index contributed by atoms with van der Waals surface area (Å²) < 4.78 is 41.6. The van der Waals surface area contributed by atoms with Gasteiger partial charge < -0.3 is 20.8 Å². The number of benzene rings is 2. The fraction of sp³-hybridized carbons (Fsp3) is 0.381. The zero-order valence-corrected chi connectivity index (χ0v) is 19.2. The Kier molecular flexibility index (Phi) is 6.52. The van der Waals surface area contributed by atoms with Gasteiger partial charge in [0.15, 0.2) is 11.5 Å². The molecule has 2 aromatic carbocycles. The summed E-state index contributed by atoms with van der Waals surface area (Å²) in [5, 5.41) is 20.5. The van der Waals surface area contributed by atoms with Gasteiger partial charge in [-0.2, -0.15) is 4.31 Å².